The largest absolute Gasteiger partial charge is 0.379 e. The quantitative estimate of drug-likeness (QED) is 0.418. The first kappa shape index (κ1) is 24.8. The van der Waals surface area contributed by atoms with E-state index < -0.39 is 0 Å². The van der Waals surface area contributed by atoms with Crippen molar-refractivity contribution in [1.82, 2.24) is 20.2 Å². The van der Waals surface area contributed by atoms with Crippen LogP contribution in [0.5, 0.6) is 0 Å². The summed E-state index contributed by atoms with van der Waals surface area (Å²) < 4.78 is 5.50. The number of halogens is 1. The zero-order valence-corrected chi connectivity index (χ0v) is 21.7. The van der Waals surface area contributed by atoms with Crippen molar-refractivity contribution in [3.05, 3.63) is 52.5 Å². The standard InChI is InChI=1S/C25H30ClN7O2S/c1-27-23(34)20-8-15-36-24(20)30-22-21(26)16-28-25(31-22)29-17-2-4-18(5-3-17)32-9-6-19(7-10-32)33-11-13-35-14-12-33/h2-5,8,15-16,19H,6-7,9-14H2,1H3,(H,27,34)(H2,28,29,30,31). The monoisotopic (exact) mass is 527 g/mol. The van der Waals surface area contributed by atoms with Gasteiger partial charge in [0.15, 0.2) is 5.82 Å². The molecule has 0 bridgehead atoms. The number of aromatic nitrogens is 2. The molecule has 1 aromatic carbocycles. The van der Waals surface area contributed by atoms with E-state index in [9.17, 15) is 4.79 Å². The molecule has 2 aromatic heterocycles. The number of benzene rings is 1. The topological polar surface area (TPSA) is 94.6 Å². The Balaban J connectivity index is 1.20. The molecule has 190 valence electrons. The lowest BCUT2D eigenvalue weighted by molar-refractivity contribution is 0.0115. The second kappa shape index (κ2) is 11.4. The van der Waals surface area contributed by atoms with E-state index in [4.69, 9.17) is 16.3 Å². The van der Waals surface area contributed by atoms with Crippen molar-refractivity contribution in [2.75, 3.05) is 62.0 Å². The Labute approximate surface area is 219 Å². The molecule has 36 heavy (non-hydrogen) atoms. The molecule has 9 nitrogen and oxygen atoms in total. The van der Waals surface area contributed by atoms with Gasteiger partial charge in [0, 0.05) is 50.6 Å². The molecule has 0 atom stereocenters. The molecule has 0 saturated carbocycles. The molecule has 2 aliphatic rings. The van der Waals surface area contributed by atoms with Crippen LogP contribution in [0.15, 0.2) is 41.9 Å². The molecule has 0 spiro atoms. The maximum absolute atomic E-state index is 12.1. The summed E-state index contributed by atoms with van der Waals surface area (Å²) in [6.07, 6.45) is 3.90. The van der Waals surface area contributed by atoms with Crippen molar-refractivity contribution < 1.29 is 9.53 Å². The summed E-state index contributed by atoms with van der Waals surface area (Å²) in [6.45, 7) is 5.94. The zero-order chi connectivity index (χ0) is 24.9. The maximum Gasteiger partial charge on any atom is 0.254 e. The summed E-state index contributed by atoms with van der Waals surface area (Å²) in [4.78, 5) is 25.9. The van der Waals surface area contributed by atoms with Gasteiger partial charge in [-0.15, -0.1) is 11.3 Å². The average Bonchev–Trinajstić information content (AvgIpc) is 3.39. The van der Waals surface area contributed by atoms with E-state index in [-0.39, 0.29) is 5.91 Å². The molecule has 4 heterocycles. The Kier molecular flexibility index (Phi) is 7.86. The Morgan fingerprint density at radius 3 is 2.56 bits per heavy atom. The number of piperidine rings is 1. The summed E-state index contributed by atoms with van der Waals surface area (Å²) in [6, 6.07) is 10.8. The highest BCUT2D eigenvalue weighted by atomic mass is 35.5. The van der Waals surface area contributed by atoms with Gasteiger partial charge in [0.2, 0.25) is 5.95 Å². The van der Waals surface area contributed by atoms with Gasteiger partial charge in [-0.05, 0) is 48.6 Å². The molecular formula is C25H30ClN7O2S. The zero-order valence-electron chi connectivity index (χ0n) is 20.2. The number of morpholine rings is 1. The minimum Gasteiger partial charge on any atom is -0.379 e. The number of rotatable bonds is 7. The minimum absolute atomic E-state index is 0.173. The van der Waals surface area contributed by atoms with E-state index in [2.05, 4.69) is 47.9 Å². The predicted octanol–water partition coefficient (Wildman–Crippen LogP) is 4.34. The van der Waals surface area contributed by atoms with Gasteiger partial charge >= 0.3 is 0 Å². The first-order valence-corrected chi connectivity index (χ1v) is 13.4. The average molecular weight is 528 g/mol. The van der Waals surface area contributed by atoms with Gasteiger partial charge in [-0.3, -0.25) is 9.69 Å². The number of anilines is 5. The van der Waals surface area contributed by atoms with E-state index in [0.29, 0.717) is 33.4 Å². The van der Waals surface area contributed by atoms with Crippen molar-refractivity contribution in [2.24, 2.45) is 0 Å². The smallest absolute Gasteiger partial charge is 0.254 e. The molecule has 0 radical (unpaired) electrons. The SMILES string of the molecule is CNC(=O)c1ccsc1Nc1nc(Nc2ccc(N3CCC(N4CCOCC4)CC3)cc2)ncc1Cl. The highest BCUT2D eigenvalue weighted by molar-refractivity contribution is 7.14. The Bertz CT molecular complexity index is 1180. The number of hydrogen-bond donors (Lipinski definition) is 3. The molecule has 11 heteroatoms. The number of hydrogen-bond acceptors (Lipinski definition) is 9. The Morgan fingerprint density at radius 2 is 1.83 bits per heavy atom. The predicted molar refractivity (Wildman–Crippen MR) is 145 cm³/mol. The maximum atomic E-state index is 12.1. The lowest BCUT2D eigenvalue weighted by Crippen LogP contribution is -2.49. The van der Waals surface area contributed by atoms with Gasteiger partial charge in [-0.1, -0.05) is 11.6 Å². The van der Waals surface area contributed by atoms with Crippen molar-refractivity contribution >= 4 is 57.0 Å². The minimum atomic E-state index is -0.173. The third kappa shape index (κ3) is 5.73. The van der Waals surface area contributed by atoms with E-state index in [1.54, 1.807) is 19.3 Å². The molecular weight excluding hydrogens is 498 g/mol. The van der Waals surface area contributed by atoms with Crippen LogP contribution in [0.1, 0.15) is 23.2 Å². The van der Waals surface area contributed by atoms with Crippen LogP contribution >= 0.6 is 22.9 Å². The summed E-state index contributed by atoms with van der Waals surface area (Å²) in [5, 5.41) is 11.9. The van der Waals surface area contributed by atoms with Crippen LogP contribution in [-0.2, 0) is 4.74 Å². The van der Waals surface area contributed by atoms with Gasteiger partial charge in [0.25, 0.3) is 5.91 Å². The lowest BCUT2D eigenvalue weighted by Gasteiger charge is -2.40. The highest BCUT2D eigenvalue weighted by Gasteiger charge is 2.26. The van der Waals surface area contributed by atoms with E-state index in [1.165, 1.54) is 29.9 Å². The molecule has 2 saturated heterocycles. The number of thiophene rings is 1. The third-order valence-electron chi connectivity index (χ3n) is 6.63. The normalized spacial score (nSPS) is 17.1. The fourth-order valence-corrected chi connectivity index (χ4v) is 5.58. The van der Waals surface area contributed by atoms with Crippen molar-refractivity contribution in [3.63, 3.8) is 0 Å². The molecule has 3 aromatic rings. The summed E-state index contributed by atoms with van der Waals surface area (Å²) in [5.41, 5.74) is 2.65. The van der Waals surface area contributed by atoms with Crippen molar-refractivity contribution in [2.45, 2.75) is 18.9 Å². The third-order valence-corrected chi connectivity index (χ3v) is 7.73. The second-order valence-corrected chi connectivity index (χ2v) is 10.1. The summed E-state index contributed by atoms with van der Waals surface area (Å²) >= 11 is 7.73. The molecule has 1 amide bonds. The van der Waals surface area contributed by atoms with Crippen LogP contribution in [0.4, 0.5) is 28.1 Å². The fraction of sp³-hybridized carbons (Fsp3) is 0.400. The lowest BCUT2D eigenvalue weighted by atomic mass is 10.0. The van der Waals surface area contributed by atoms with Gasteiger partial charge in [-0.25, -0.2) is 4.98 Å². The van der Waals surface area contributed by atoms with E-state index >= 15 is 0 Å². The van der Waals surface area contributed by atoms with E-state index in [0.717, 1.165) is 45.1 Å². The molecule has 0 aliphatic carbocycles. The van der Waals surface area contributed by atoms with Crippen LogP contribution in [0.2, 0.25) is 5.02 Å². The first-order chi connectivity index (χ1) is 17.6. The number of amides is 1. The van der Waals surface area contributed by atoms with Crippen LogP contribution in [-0.4, -0.2) is 73.3 Å². The first-order valence-electron chi connectivity index (χ1n) is 12.1. The summed E-state index contributed by atoms with van der Waals surface area (Å²) in [5.74, 6) is 0.674. The Hall–Kier alpha value is -2.92. The Morgan fingerprint density at radius 1 is 1.08 bits per heavy atom. The summed E-state index contributed by atoms with van der Waals surface area (Å²) in [7, 11) is 1.60. The van der Waals surface area contributed by atoms with Crippen LogP contribution in [0.3, 0.4) is 0 Å². The van der Waals surface area contributed by atoms with Gasteiger partial charge in [-0.2, -0.15) is 4.98 Å². The second-order valence-electron chi connectivity index (χ2n) is 8.80. The van der Waals surface area contributed by atoms with Gasteiger partial charge in [0.05, 0.1) is 25.0 Å². The molecule has 2 fully saturated rings. The fourth-order valence-electron chi connectivity index (χ4n) is 4.66. The number of ether oxygens (including phenoxy) is 1. The molecule has 5 rings (SSSR count). The molecule has 2 aliphatic heterocycles. The number of carbonyl (C=O) groups excluding carboxylic acids is 1. The van der Waals surface area contributed by atoms with Gasteiger partial charge in [0.1, 0.15) is 10.0 Å². The number of nitrogens with one attached hydrogen (secondary N) is 3. The molecule has 0 unspecified atom stereocenters. The van der Waals surface area contributed by atoms with Gasteiger partial charge < -0.3 is 25.6 Å². The van der Waals surface area contributed by atoms with Crippen molar-refractivity contribution in [3.8, 4) is 0 Å². The highest BCUT2D eigenvalue weighted by Crippen LogP contribution is 2.31. The number of nitrogens with zero attached hydrogens (tertiary/aromatic N) is 4. The molecule has 3 N–H and O–H groups in total. The van der Waals surface area contributed by atoms with Crippen LogP contribution < -0.4 is 20.9 Å². The van der Waals surface area contributed by atoms with E-state index in [1.807, 2.05) is 17.5 Å². The van der Waals surface area contributed by atoms with Crippen LogP contribution in [0, 0.1) is 0 Å². The van der Waals surface area contributed by atoms with Crippen molar-refractivity contribution in [1.29, 1.82) is 0 Å². The number of carbonyl (C=O) groups is 1. The van der Waals surface area contributed by atoms with Crippen LogP contribution in [0.25, 0.3) is 0 Å².